The van der Waals surface area contributed by atoms with E-state index in [2.05, 4.69) is 173 Å². The number of aliphatic imine (C=N–C) groups is 1. The summed E-state index contributed by atoms with van der Waals surface area (Å²) in [6, 6.07) is 55.1. The molecule has 9 aromatic carbocycles. The summed E-state index contributed by atoms with van der Waals surface area (Å²) in [5.74, 6) is 0.173. The minimum atomic E-state index is -0.204. The molecule has 0 saturated heterocycles. The third-order valence-electron chi connectivity index (χ3n) is 13.5. The Morgan fingerprint density at radius 3 is 1.81 bits per heavy atom. The van der Waals surface area contributed by atoms with Gasteiger partial charge in [0, 0.05) is 22.3 Å². The van der Waals surface area contributed by atoms with Gasteiger partial charge >= 0.3 is 0 Å². The molecule has 1 unspecified atom stereocenters. The average Bonchev–Trinajstić information content (AvgIpc) is 3.57. The minimum absolute atomic E-state index is 0.139. The van der Waals surface area contributed by atoms with Crippen molar-refractivity contribution in [2.24, 2.45) is 4.99 Å². The van der Waals surface area contributed by atoms with Crippen molar-refractivity contribution in [1.29, 1.82) is 0 Å². The predicted octanol–water partition coefficient (Wildman–Crippen LogP) is 13.8. The highest BCUT2D eigenvalue weighted by atomic mass is 14.8. The summed E-state index contributed by atoms with van der Waals surface area (Å²) in [6.07, 6.45) is 0.942. The quantitative estimate of drug-likeness (QED) is 0.160. The van der Waals surface area contributed by atoms with E-state index in [-0.39, 0.29) is 16.7 Å². The lowest BCUT2D eigenvalue weighted by molar-refractivity contribution is 0.652. The molecular formula is C53H39N. The van der Waals surface area contributed by atoms with Crippen molar-refractivity contribution in [2.75, 3.05) is 0 Å². The number of hydrogen-bond donors (Lipinski definition) is 0. The number of rotatable bonds is 2. The first-order valence-corrected chi connectivity index (χ1v) is 19.5. The molecule has 0 bridgehead atoms. The Morgan fingerprint density at radius 1 is 0.463 bits per heavy atom. The van der Waals surface area contributed by atoms with Gasteiger partial charge < -0.3 is 0 Å². The maximum absolute atomic E-state index is 5.52. The van der Waals surface area contributed by atoms with Crippen LogP contribution in [-0.4, -0.2) is 5.71 Å². The summed E-state index contributed by atoms with van der Waals surface area (Å²) >= 11 is 0. The van der Waals surface area contributed by atoms with Crippen molar-refractivity contribution in [1.82, 2.24) is 0 Å². The van der Waals surface area contributed by atoms with Crippen molar-refractivity contribution in [3.05, 3.63) is 185 Å². The van der Waals surface area contributed by atoms with E-state index in [0.717, 1.165) is 12.1 Å². The maximum Gasteiger partial charge on any atom is 0.0665 e. The van der Waals surface area contributed by atoms with E-state index >= 15 is 0 Å². The van der Waals surface area contributed by atoms with Crippen LogP contribution in [0, 0.1) is 0 Å². The first kappa shape index (κ1) is 30.4. The van der Waals surface area contributed by atoms with E-state index in [0.29, 0.717) is 0 Å². The largest absolute Gasteiger partial charge is 0.252 e. The van der Waals surface area contributed by atoms with E-state index in [4.69, 9.17) is 4.99 Å². The fourth-order valence-corrected chi connectivity index (χ4v) is 10.8. The molecule has 0 spiro atoms. The Hall–Kier alpha value is -6.05. The Labute approximate surface area is 316 Å². The molecule has 1 aliphatic heterocycles. The molecule has 0 amide bonds. The van der Waals surface area contributed by atoms with Crippen LogP contribution in [0.5, 0.6) is 0 Å². The molecule has 0 fully saturated rings. The highest BCUT2D eigenvalue weighted by Gasteiger charge is 2.44. The molecule has 1 nitrogen and oxygen atoms in total. The maximum atomic E-state index is 5.52. The van der Waals surface area contributed by atoms with Crippen LogP contribution in [0.15, 0.2) is 151 Å². The third kappa shape index (κ3) is 3.82. The van der Waals surface area contributed by atoms with E-state index in [1.165, 1.54) is 110 Å². The Balaban J connectivity index is 1.12. The third-order valence-corrected chi connectivity index (χ3v) is 13.5. The fourth-order valence-electron chi connectivity index (χ4n) is 10.8. The summed E-state index contributed by atoms with van der Waals surface area (Å²) in [7, 11) is 0. The van der Waals surface area contributed by atoms with Crippen LogP contribution >= 0.6 is 0 Å². The molecule has 1 heteroatoms. The zero-order chi connectivity index (χ0) is 36.1. The molecule has 0 N–H and O–H groups in total. The van der Waals surface area contributed by atoms with Crippen molar-refractivity contribution in [2.45, 2.75) is 50.9 Å². The lowest BCUT2D eigenvalue weighted by atomic mass is 9.77. The van der Waals surface area contributed by atoms with Crippen molar-refractivity contribution >= 4 is 54.5 Å². The van der Waals surface area contributed by atoms with Gasteiger partial charge in [-0.15, -0.1) is 0 Å². The molecule has 256 valence electrons. The van der Waals surface area contributed by atoms with Crippen LogP contribution in [0.25, 0.3) is 65.3 Å². The zero-order valence-corrected chi connectivity index (χ0v) is 31.1. The Kier molecular flexibility index (Phi) is 5.82. The lowest BCUT2D eigenvalue weighted by Crippen LogP contribution is -2.22. The smallest absolute Gasteiger partial charge is 0.0665 e. The molecule has 0 saturated carbocycles. The monoisotopic (exact) mass is 689 g/mol. The Morgan fingerprint density at radius 2 is 1.06 bits per heavy atom. The van der Waals surface area contributed by atoms with Crippen molar-refractivity contribution < 1.29 is 0 Å². The molecule has 2 aliphatic carbocycles. The second-order valence-electron chi connectivity index (χ2n) is 17.0. The molecule has 1 heterocycles. The van der Waals surface area contributed by atoms with E-state index in [1.54, 1.807) is 0 Å². The van der Waals surface area contributed by atoms with Crippen LogP contribution in [0.4, 0.5) is 5.69 Å². The second-order valence-corrected chi connectivity index (χ2v) is 17.0. The summed E-state index contributed by atoms with van der Waals surface area (Å²) < 4.78 is 0. The van der Waals surface area contributed by atoms with Gasteiger partial charge in [-0.3, -0.25) is 4.99 Å². The highest BCUT2D eigenvalue weighted by Crippen LogP contribution is 2.59. The molecule has 1 atom stereocenters. The topological polar surface area (TPSA) is 12.4 Å². The first-order valence-electron chi connectivity index (χ1n) is 19.5. The molecule has 9 aromatic rings. The highest BCUT2D eigenvalue weighted by molar-refractivity contribution is 6.27. The Bertz CT molecular complexity index is 3100. The molecule has 0 radical (unpaired) electrons. The molecule has 3 aliphatic rings. The van der Waals surface area contributed by atoms with Crippen LogP contribution in [-0.2, 0) is 17.3 Å². The first-order chi connectivity index (χ1) is 26.3. The van der Waals surface area contributed by atoms with Gasteiger partial charge in [0.05, 0.1) is 11.4 Å². The van der Waals surface area contributed by atoms with Gasteiger partial charge in [-0.05, 0) is 135 Å². The van der Waals surface area contributed by atoms with Gasteiger partial charge in [0.15, 0.2) is 0 Å². The molecular weight excluding hydrogens is 651 g/mol. The van der Waals surface area contributed by atoms with Gasteiger partial charge in [0.25, 0.3) is 0 Å². The number of para-hydroxylation sites is 1. The molecule has 0 aromatic heterocycles. The standard InChI is InChI=1S/C53H39N/c1-52(2)43-28-40-42(29-41(43)50-37-24-23-32-17-12-16-31-21-22-34(26-44(50)52)48(37)47(31)32)53(3,4)45-27-39(35-18-9-10-19-36(35)49(40)45)51-38(30-13-6-5-7-14-30)25-33-15-8-11-20-46(33)54-51/h5-24,26-29,38H,25H2,1-4H3. The van der Waals surface area contributed by atoms with Crippen molar-refractivity contribution in [3.63, 3.8) is 0 Å². The number of nitrogens with zero attached hydrogens (tertiary/aromatic N) is 1. The summed E-state index contributed by atoms with van der Waals surface area (Å²) in [4.78, 5) is 5.52. The SMILES string of the molecule is CC1(C)c2cc3c(cc2-c2c1cc(C1=Nc4ccccc4CC1c1ccccc1)c1ccccc21)C(C)(C)c1cc2ccc4cccc5ccc(c1-3)c2c45. The van der Waals surface area contributed by atoms with E-state index < -0.39 is 0 Å². The fraction of sp³-hybridized carbons (Fsp3) is 0.151. The normalized spacial score (nSPS) is 17.4. The summed E-state index contributed by atoms with van der Waals surface area (Å²) in [5.41, 5.74) is 17.1. The van der Waals surface area contributed by atoms with Gasteiger partial charge in [0.1, 0.15) is 0 Å². The average molecular weight is 690 g/mol. The van der Waals surface area contributed by atoms with Crippen molar-refractivity contribution in [3.8, 4) is 22.3 Å². The second kappa shape index (κ2) is 10.3. The number of fused-ring (bicyclic) bond motifs is 10. The van der Waals surface area contributed by atoms with E-state index in [9.17, 15) is 0 Å². The van der Waals surface area contributed by atoms with Gasteiger partial charge in [-0.1, -0.05) is 143 Å². The summed E-state index contributed by atoms with van der Waals surface area (Å²) in [6.45, 7) is 9.76. The summed E-state index contributed by atoms with van der Waals surface area (Å²) in [5, 5.41) is 10.7. The van der Waals surface area contributed by atoms with Crippen LogP contribution < -0.4 is 0 Å². The predicted molar refractivity (Wildman–Crippen MR) is 228 cm³/mol. The van der Waals surface area contributed by atoms with Crippen LogP contribution in [0.3, 0.4) is 0 Å². The van der Waals surface area contributed by atoms with E-state index in [1.807, 2.05) is 0 Å². The molecule has 12 rings (SSSR count). The minimum Gasteiger partial charge on any atom is -0.252 e. The number of hydrogen-bond acceptors (Lipinski definition) is 1. The van der Waals surface area contributed by atoms with Crippen LogP contribution in [0.2, 0.25) is 0 Å². The van der Waals surface area contributed by atoms with Crippen LogP contribution in [0.1, 0.15) is 72.6 Å². The van der Waals surface area contributed by atoms with Gasteiger partial charge in [0.2, 0.25) is 0 Å². The van der Waals surface area contributed by atoms with Gasteiger partial charge in [-0.25, -0.2) is 0 Å². The number of benzene rings is 9. The lowest BCUT2D eigenvalue weighted by Gasteiger charge is -2.28. The molecule has 54 heavy (non-hydrogen) atoms. The van der Waals surface area contributed by atoms with Gasteiger partial charge in [-0.2, -0.15) is 0 Å². The zero-order valence-electron chi connectivity index (χ0n) is 31.1.